The number of aliphatic hydroxyl groups is 1. The minimum atomic E-state index is -1.41. The molecule has 6 aromatic rings. The molecule has 2 atom stereocenters. The number of thiophene rings is 1. The molecule has 5 heterocycles. The Morgan fingerprint density at radius 1 is 1.02 bits per heavy atom. The summed E-state index contributed by atoms with van der Waals surface area (Å²) in [6.07, 6.45) is 0.570. The monoisotopic (exact) mass is 900 g/mol. The lowest BCUT2D eigenvalue weighted by Crippen LogP contribution is -2.30. The number of ether oxygens (including phenoxy) is 5. The molecule has 8 rings (SSSR count). The van der Waals surface area contributed by atoms with Gasteiger partial charge in [-0.2, -0.15) is 0 Å². The summed E-state index contributed by atoms with van der Waals surface area (Å²) in [6.45, 7) is 3.22. The summed E-state index contributed by atoms with van der Waals surface area (Å²) in [5.41, 5.74) is 4.50. The van der Waals surface area contributed by atoms with E-state index >= 15 is 0 Å². The van der Waals surface area contributed by atoms with Crippen LogP contribution >= 0.6 is 57.1 Å². The molecule has 0 spiro atoms. The fourth-order valence-electron chi connectivity index (χ4n) is 6.14. The second kappa shape index (κ2) is 16.1. The van der Waals surface area contributed by atoms with Gasteiger partial charge in [0.25, 0.3) is 0 Å². The van der Waals surface area contributed by atoms with Crippen molar-refractivity contribution in [1.82, 2.24) is 19.9 Å². The maximum atomic E-state index is 12.9. The van der Waals surface area contributed by atoms with E-state index in [4.69, 9.17) is 46.9 Å². The maximum absolute atomic E-state index is 12.9. The topological polar surface area (TPSA) is 155 Å². The van der Waals surface area contributed by atoms with Gasteiger partial charge in [-0.25, -0.2) is 24.7 Å². The molecule has 12 nitrogen and oxygen atoms in total. The third-order valence-electron chi connectivity index (χ3n) is 8.80. The first kappa shape index (κ1) is 37.8. The Balaban J connectivity index is 1.30. The molecule has 2 N–H and O–H groups in total. The van der Waals surface area contributed by atoms with E-state index < -0.39 is 24.8 Å². The van der Waals surface area contributed by atoms with Crippen molar-refractivity contribution in [2.45, 2.75) is 39.1 Å². The predicted molar refractivity (Wildman–Crippen MR) is 213 cm³/mol. The summed E-state index contributed by atoms with van der Waals surface area (Å²) in [7, 11) is 1.58. The number of aliphatic carboxylic acids is 1. The zero-order valence-corrected chi connectivity index (χ0v) is 33.4. The Hall–Kier alpha value is -4.48. The van der Waals surface area contributed by atoms with Gasteiger partial charge >= 0.3 is 5.97 Å². The molecule has 3 aromatic heterocycles. The number of benzene rings is 3. The number of para-hydroxylation sites is 1. The van der Waals surface area contributed by atoms with Gasteiger partial charge in [0.15, 0.2) is 17.7 Å². The highest BCUT2D eigenvalue weighted by atomic mass is 127. The van der Waals surface area contributed by atoms with E-state index in [1.54, 1.807) is 37.6 Å². The van der Waals surface area contributed by atoms with Crippen molar-refractivity contribution in [3.05, 3.63) is 96.4 Å². The third kappa shape index (κ3) is 7.45. The van der Waals surface area contributed by atoms with Crippen LogP contribution in [0.3, 0.4) is 0 Å². The van der Waals surface area contributed by atoms with Crippen LogP contribution in [0.15, 0.2) is 61.1 Å². The van der Waals surface area contributed by atoms with Crippen LogP contribution in [0, 0.1) is 16.7 Å². The predicted octanol–water partition coefficient (Wildman–Crippen LogP) is 8.14. The number of rotatable bonds is 7. The fraction of sp³-hybridized carbons (Fsp3) is 0.237. The zero-order chi connectivity index (χ0) is 38.1. The second-order valence-electron chi connectivity index (χ2n) is 12.2. The van der Waals surface area contributed by atoms with Gasteiger partial charge in [-0.05, 0) is 89.5 Å². The van der Waals surface area contributed by atoms with Gasteiger partial charge < -0.3 is 33.9 Å². The van der Waals surface area contributed by atoms with Crippen molar-refractivity contribution in [3.63, 3.8) is 0 Å². The van der Waals surface area contributed by atoms with Crippen LogP contribution in [0.1, 0.15) is 22.4 Å². The van der Waals surface area contributed by atoms with E-state index in [0.717, 1.165) is 8.45 Å². The highest BCUT2D eigenvalue weighted by molar-refractivity contribution is 14.1. The number of carbonyl (C=O) groups is 1. The molecular formula is C38H31Cl2IN4O8S. The zero-order valence-electron chi connectivity index (χ0n) is 28.9. The SMILES string of the molecule is COc1ccccc1-c1nccc(COc2ccc3cc2C[C@H](C(=O)O)Oc2ncnc4sc(I)c(c24)-c2c(C)c(Cl)c(c(Cl)c2C)O[C@H](CO)CO3)n1. The smallest absolute Gasteiger partial charge is 0.345 e. The highest BCUT2D eigenvalue weighted by Crippen LogP contribution is 2.50. The molecule has 3 aromatic carbocycles. The Morgan fingerprint density at radius 2 is 1.80 bits per heavy atom. The normalized spacial score (nSPS) is 15.5. The van der Waals surface area contributed by atoms with Crippen LogP contribution in [-0.4, -0.2) is 68.6 Å². The van der Waals surface area contributed by atoms with Gasteiger partial charge in [-0.1, -0.05) is 35.3 Å². The standard InChI is InChI=1S/C38H31Cl2IN4O8S/c1-18-28-19(2)32(40)33(31(18)39)52-23(14-46)16-50-22-8-9-25(51-15-21-10-11-42-35(45-21)24-6-4-5-7-26(24)49-3)20(12-22)13-27(38(47)48)53-36-30-29(28)34(41)54-37(30)44-17-43-36/h4-12,17,23,27,46H,13-16H2,1-3H3,(H,47,48)/t23-,27-/m1/s1. The summed E-state index contributed by atoms with van der Waals surface area (Å²) in [5, 5.41) is 21.9. The molecule has 2 aliphatic heterocycles. The number of halogens is 3. The number of hydrogen-bond donors (Lipinski definition) is 2. The third-order valence-corrected chi connectivity index (χ3v) is 11.8. The quantitative estimate of drug-likeness (QED) is 0.149. The van der Waals surface area contributed by atoms with Gasteiger partial charge in [0.1, 0.15) is 41.6 Å². The fourth-order valence-corrected chi connectivity index (χ4v) is 8.68. The minimum absolute atomic E-state index is 0.0393. The second-order valence-corrected chi connectivity index (χ2v) is 15.8. The number of fused-ring (bicyclic) bond motifs is 7. The first-order chi connectivity index (χ1) is 26.1. The number of hydrogen-bond acceptors (Lipinski definition) is 12. The Bertz CT molecular complexity index is 2370. The lowest BCUT2D eigenvalue weighted by molar-refractivity contribution is -0.145. The van der Waals surface area contributed by atoms with Crippen LogP contribution in [0.4, 0.5) is 0 Å². The van der Waals surface area contributed by atoms with Crippen LogP contribution in [0.5, 0.6) is 28.9 Å². The van der Waals surface area contributed by atoms with Crippen molar-refractivity contribution in [2.75, 3.05) is 20.3 Å². The lowest BCUT2D eigenvalue weighted by atomic mass is 9.95. The Morgan fingerprint density at radius 3 is 2.54 bits per heavy atom. The van der Waals surface area contributed by atoms with E-state index in [-0.39, 0.29) is 41.3 Å². The summed E-state index contributed by atoms with van der Waals surface area (Å²) in [5.74, 6) is 0.900. The number of aromatic nitrogens is 4. The van der Waals surface area contributed by atoms with Crippen LogP contribution < -0.4 is 23.7 Å². The van der Waals surface area contributed by atoms with Crippen molar-refractivity contribution < 1.29 is 38.7 Å². The Labute approximate surface area is 337 Å². The van der Waals surface area contributed by atoms with Gasteiger partial charge in [-0.3, -0.25) is 0 Å². The van der Waals surface area contributed by atoms with Gasteiger partial charge in [-0.15, -0.1) is 11.3 Å². The molecule has 0 unspecified atom stereocenters. The van der Waals surface area contributed by atoms with Gasteiger partial charge in [0, 0.05) is 23.7 Å². The molecule has 54 heavy (non-hydrogen) atoms. The van der Waals surface area contributed by atoms with E-state index in [9.17, 15) is 15.0 Å². The largest absolute Gasteiger partial charge is 0.496 e. The molecule has 0 saturated heterocycles. The molecule has 0 aliphatic carbocycles. The summed E-state index contributed by atoms with van der Waals surface area (Å²) >= 11 is 17.5. The number of nitrogens with zero attached hydrogens (tertiary/aromatic N) is 4. The molecular weight excluding hydrogens is 870 g/mol. The van der Waals surface area contributed by atoms with Crippen LogP contribution in [0.25, 0.3) is 32.7 Å². The minimum Gasteiger partial charge on any atom is -0.496 e. The van der Waals surface area contributed by atoms with E-state index in [1.807, 2.05) is 38.1 Å². The van der Waals surface area contributed by atoms with Crippen molar-refractivity contribution in [3.8, 4) is 51.4 Å². The molecule has 2 aliphatic rings. The number of carboxylic acid groups (broad SMARTS) is 1. The van der Waals surface area contributed by atoms with Gasteiger partial charge in [0.05, 0.1) is 43.3 Å². The van der Waals surface area contributed by atoms with E-state index in [0.29, 0.717) is 66.8 Å². The van der Waals surface area contributed by atoms with Gasteiger partial charge in [0.2, 0.25) is 12.0 Å². The maximum Gasteiger partial charge on any atom is 0.345 e. The van der Waals surface area contributed by atoms with Crippen molar-refractivity contribution in [1.29, 1.82) is 0 Å². The average molecular weight is 902 g/mol. The lowest BCUT2D eigenvalue weighted by Gasteiger charge is -2.23. The van der Waals surface area contributed by atoms with Crippen molar-refractivity contribution >= 4 is 73.3 Å². The average Bonchev–Trinajstić information content (AvgIpc) is 3.51. The first-order valence-electron chi connectivity index (χ1n) is 16.5. The molecule has 0 amide bonds. The van der Waals surface area contributed by atoms with Crippen LogP contribution in [0.2, 0.25) is 10.0 Å². The number of methoxy groups -OCH3 is 1. The Kier molecular flexibility index (Phi) is 11.3. The van der Waals surface area contributed by atoms with E-state index in [1.165, 1.54) is 17.7 Å². The molecule has 4 bridgehead atoms. The number of carboxylic acids is 1. The highest BCUT2D eigenvalue weighted by Gasteiger charge is 2.30. The molecule has 278 valence electrons. The van der Waals surface area contributed by atoms with Crippen LogP contribution in [-0.2, 0) is 17.8 Å². The summed E-state index contributed by atoms with van der Waals surface area (Å²) in [4.78, 5) is 31.5. The molecule has 0 fully saturated rings. The molecule has 0 radical (unpaired) electrons. The van der Waals surface area contributed by atoms with E-state index in [2.05, 4.69) is 42.5 Å². The summed E-state index contributed by atoms with van der Waals surface area (Å²) < 4.78 is 31.2. The molecule has 16 heteroatoms. The summed E-state index contributed by atoms with van der Waals surface area (Å²) in [6, 6.07) is 14.2. The van der Waals surface area contributed by atoms with Crippen molar-refractivity contribution in [2.24, 2.45) is 0 Å². The molecule has 0 saturated carbocycles. The number of aliphatic hydroxyl groups excluding tert-OH is 1. The first-order valence-corrected chi connectivity index (χ1v) is 19.1.